The zero-order chi connectivity index (χ0) is 14.3. The van der Waals surface area contributed by atoms with E-state index in [2.05, 4.69) is 32.2 Å². The molecule has 0 amide bonds. The summed E-state index contributed by atoms with van der Waals surface area (Å²) < 4.78 is 5.48. The number of hydrogen-bond donors (Lipinski definition) is 2. The van der Waals surface area contributed by atoms with Crippen molar-refractivity contribution in [1.82, 2.24) is 5.32 Å². The van der Waals surface area contributed by atoms with Crippen LogP contribution in [0.2, 0.25) is 0 Å². The average molecular weight is 262 g/mol. The third-order valence-electron chi connectivity index (χ3n) is 3.14. The summed E-state index contributed by atoms with van der Waals surface area (Å²) in [6.45, 7) is 6.91. The first-order chi connectivity index (χ1) is 8.98. The van der Waals surface area contributed by atoms with Crippen molar-refractivity contribution in [1.29, 1.82) is 5.26 Å². The monoisotopic (exact) mass is 262 g/mol. The van der Waals surface area contributed by atoms with Gasteiger partial charge in [0.25, 0.3) is 0 Å². The molecule has 0 saturated carbocycles. The Morgan fingerprint density at radius 2 is 2.11 bits per heavy atom. The minimum absolute atomic E-state index is 0.00550. The lowest BCUT2D eigenvalue weighted by Gasteiger charge is -2.26. The van der Waals surface area contributed by atoms with Crippen LogP contribution in [0.15, 0.2) is 24.3 Å². The molecule has 19 heavy (non-hydrogen) atoms. The van der Waals surface area contributed by atoms with Gasteiger partial charge in [-0.2, -0.15) is 5.26 Å². The van der Waals surface area contributed by atoms with Gasteiger partial charge in [-0.15, -0.1) is 0 Å². The van der Waals surface area contributed by atoms with E-state index in [1.807, 2.05) is 0 Å². The van der Waals surface area contributed by atoms with Gasteiger partial charge < -0.3 is 15.2 Å². The van der Waals surface area contributed by atoms with Crippen molar-refractivity contribution in [2.45, 2.75) is 38.8 Å². The fourth-order valence-electron chi connectivity index (χ4n) is 1.45. The molecule has 0 bridgehead atoms. The lowest BCUT2D eigenvalue weighted by Crippen LogP contribution is -2.44. The number of nitrogens with zero attached hydrogens (tertiary/aromatic N) is 1. The second-order valence-electron chi connectivity index (χ2n) is 5.19. The first-order valence-corrected chi connectivity index (χ1v) is 6.53. The van der Waals surface area contributed by atoms with Gasteiger partial charge in [-0.3, -0.25) is 0 Å². The van der Waals surface area contributed by atoms with E-state index < -0.39 is 6.10 Å². The number of aliphatic hydroxyl groups is 1. The quantitative estimate of drug-likeness (QED) is 0.789. The van der Waals surface area contributed by atoms with Gasteiger partial charge in [0.2, 0.25) is 0 Å². The third-order valence-corrected chi connectivity index (χ3v) is 3.14. The van der Waals surface area contributed by atoms with E-state index in [0.717, 1.165) is 6.42 Å². The van der Waals surface area contributed by atoms with E-state index in [0.29, 0.717) is 17.9 Å². The Morgan fingerprint density at radius 1 is 1.42 bits per heavy atom. The number of aliphatic hydroxyl groups excluding tert-OH is 1. The molecular formula is C15H22N2O2. The van der Waals surface area contributed by atoms with Gasteiger partial charge in [-0.05, 0) is 32.4 Å². The maximum Gasteiger partial charge on any atom is 0.137 e. The normalized spacial score (nSPS) is 12.8. The number of nitrogens with one attached hydrogen (secondary N) is 1. The molecule has 1 unspecified atom stereocenters. The van der Waals surface area contributed by atoms with Gasteiger partial charge in [0, 0.05) is 12.1 Å². The van der Waals surface area contributed by atoms with Crippen LogP contribution >= 0.6 is 0 Å². The van der Waals surface area contributed by atoms with Gasteiger partial charge >= 0.3 is 0 Å². The van der Waals surface area contributed by atoms with Crippen LogP contribution in [0.25, 0.3) is 0 Å². The fraction of sp³-hybridized carbons (Fsp3) is 0.533. The first kappa shape index (κ1) is 15.5. The summed E-state index contributed by atoms with van der Waals surface area (Å²) in [6.07, 6.45) is 0.385. The van der Waals surface area contributed by atoms with E-state index in [4.69, 9.17) is 10.00 Å². The minimum atomic E-state index is -0.599. The van der Waals surface area contributed by atoms with E-state index in [1.165, 1.54) is 0 Å². The summed E-state index contributed by atoms with van der Waals surface area (Å²) in [5.74, 6) is 0.513. The zero-order valence-electron chi connectivity index (χ0n) is 11.8. The summed E-state index contributed by atoms with van der Waals surface area (Å²) in [6, 6.07) is 9.08. The highest BCUT2D eigenvalue weighted by Crippen LogP contribution is 2.16. The van der Waals surface area contributed by atoms with Crippen LogP contribution in [-0.2, 0) is 0 Å². The maximum atomic E-state index is 9.86. The van der Waals surface area contributed by atoms with Gasteiger partial charge in [0.05, 0.1) is 5.56 Å². The molecule has 0 aliphatic carbocycles. The number of β-amino-alcohol motifs (C(OH)–C–C–N with tert-alkyl or cyclic N) is 1. The molecule has 0 heterocycles. The van der Waals surface area contributed by atoms with Gasteiger partial charge in [-0.25, -0.2) is 0 Å². The summed E-state index contributed by atoms with van der Waals surface area (Å²) in [4.78, 5) is 0. The van der Waals surface area contributed by atoms with Gasteiger partial charge in [0.15, 0.2) is 0 Å². The first-order valence-electron chi connectivity index (χ1n) is 6.53. The number of ether oxygens (including phenoxy) is 1. The van der Waals surface area contributed by atoms with Crippen LogP contribution in [0.4, 0.5) is 0 Å². The second kappa shape index (κ2) is 7.13. The van der Waals surface area contributed by atoms with Crippen LogP contribution in [0, 0.1) is 11.3 Å². The Balaban J connectivity index is 2.42. The average Bonchev–Trinajstić information content (AvgIpc) is 2.43. The van der Waals surface area contributed by atoms with Crippen LogP contribution in [0.5, 0.6) is 5.75 Å². The number of para-hydroxylation sites is 1. The molecule has 104 valence electrons. The third kappa shape index (κ3) is 5.29. The summed E-state index contributed by atoms with van der Waals surface area (Å²) in [5.41, 5.74) is 0.488. The van der Waals surface area contributed by atoms with Crippen LogP contribution in [0.1, 0.15) is 32.8 Å². The van der Waals surface area contributed by atoms with E-state index >= 15 is 0 Å². The van der Waals surface area contributed by atoms with Crippen molar-refractivity contribution in [3.05, 3.63) is 29.8 Å². The molecular weight excluding hydrogens is 240 g/mol. The van der Waals surface area contributed by atoms with E-state index in [9.17, 15) is 5.11 Å². The zero-order valence-corrected chi connectivity index (χ0v) is 11.8. The molecule has 1 aromatic rings. The molecule has 2 N–H and O–H groups in total. The smallest absolute Gasteiger partial charge is 0.137 e. The summed E-state index contributed by atoms with van der Waals surface area (Å²) in [7, 11) is 0. The Labute approximate surface area is 115 Å². The number of rotatable bonds is 7. The van der Waals surface area contributed by atoms with Crippen LogP contribution < -0.4 is 10.1 Å². The molecule has 0 fully saturated rings. The lowest BCUT2D eigenvalue weighted by atomic mass is 10.0. The maximum absolute atomic E-state index is 9.86. The Hall–Kier alpha value is -1.57. The lowest BCUT2D eigenvalue weighted by molar-refractivity contribution is 0.0984. The van der Waals surface area contributed by atoms with E-state index in [1.54, 1.807) is 24.3 Å². The number of benzene rings is 1. The minimum Gasteiger partial charge on any atom is -0.489 e. The molecule has 0 aliphatic rings. The van der Waals surface area contributed by atoms with Crippen molar-refractivity contribution in [3.8, 4) is 11.8 Å². The molecule has 0 radical (unpaired) electrons. The number of nitriles is 1. The Morgan fingerprint density at radius 3 is 2.74 bits per heavy atom. The molecule has 4 heteroatoms. The number of hydrogen-bond acceptors (Lipinski definition) is 4. The highest BCUT2D eigenvalue weighted by molar-refractivity contribution is 5.42. The van der Waals surface area contributed by atoms with Crippen molar-refractivity contribution in [3.63, 3.8) is 0 Å². The molecule has 1 rings (SSSR count). The van der Waals surface area contributed by atoms with Crippen molar-refractivity contribution in [2.24, 2.45) is 0 Å². The second-order valence-corrected chi connectivity index (χ2v) is 5.19. The SMILES string of the molecule is CCC(C)(C)NCC(O)COc1ccccc1C#N. The van der Waals surface area contributed by atoms with Crippen LogP contribution in [0.3, 0.4) is 0 Å². The molecule has 1 atom stereocenters. The van der Waals surface area contributed by atoms with Gasteiger partial charge in [0.1, 0.15) is 24.5 Å². The molecule has 0 aromatic heterocycles. The standard InChI is InChI=1S/C15H22N2O2/c1-4-15(2,3)17-10-13(18)11-19-14-8-6-5-7-12(14)9-16/h5-8,13,17-18H,4,10-11H2,1-3H3. The molecule has 0 spiro atoms. The van der Waals surface area contributed by atoms with Crippen molar-refractivity contribution in [2.75, 3.05) is 13.2 Å². The topological polar surface area (TPSA) is 65.3 Å². The van der Waals surface area contributed by atoms with Crippen molar-refractivity contribution >= 4 is 0 Å². The Bertz CT molecular complexity index is 438. The Kier molecular flexibility index (Phi) is 5.81. The predicted molar refractivity (Wildman–Crippen MR) is 75.0 cm³/mol. The largest absolute Gasteiger partial charge is 0.489 e. The molecule has 4 nitrogen and oxygen atoms in total. The molecule has 0 aliphatic heterocycles. The summed E-state index contributed by atoms with van der Waals surface area (Å²) >= 11 is 0. The van der Waals surface area contributed by atoms with Gasteiger partial charge in [-0.1, -0.05) is 19.1 Å². The van der Waals surface area contributed by atoms with Crippen LogP contribution in [-0.4, -0.2) is 29.9 Å². The van der Waals surface area contributed by atoms with Crippen molar-refractivity contribution < 1.29 is 9.84 Å². The van der Waals surface area contributed by atoms with E-state index in [-0.39, 0.29) is 12.1 Å². The molecule has 0 saturated heterocycles. The summed E-state index contributed by atoms with van der Waals surface area (Å²) in [5, 5.41) is 22.1. The predicted octanol–water partition coefficient (Wildman–Crippen LogP) is 2.08. The fourth-order valence-corrected chi connectivity index (χ4v) is 1.45. The highest BCUT2D eigenvalue weighted by Gasteiger charge is 2.16. The highest BCUT2D eigenvalue weighted by atomic mass is 16.5. The molecule has 1 aromatic carbocycles.